The molecule has 1 heterocycles. The van der Waals surface area contributed by atoms with Crippen molar-refractivity contribution in [1.29, 1.82) is 0 Å². The molecule has 10 heteroatoms. The van der Waals surface area contributed by atoms with E-state index >= 15 is 0 Å². The molecule has 0 atom stereocenters. The molecule has 0 spiro atoms. The van der Waals surface area contributed by atoms with Crippen LogP contribution in [-0.2, 0) is 18.8 Å². The van der Waals surface area contributed by atoms with Gasteiger partial charge >= 0.3 is 12.4 Å². The molecular weight excluding hydrogens is 496 g/mol. The zero-order valence-corrected chi connectivity index (χ0v) is 19.3. The SMILES string of the molecule is CNC(=O)c1c(Cc2cc(C(F)(F)F)cc(C(F)(F)F)c2)nc(-c2ccccc2)nc1-c1ccccc1. The number of nitrogens with zero attached hydrogens (tertiary/aromatic N) is 2. The first-order valence-electron chi connectivity index (χ1n) is 11.0. The smallest absolute Gasteiger partial charge is 0.355 e. The first-order valence-corrected chi connectivity index (χ1v) is 11.0. The summed E-state index contributed by atoms with van der Waals surface area (Å²) in [5.74, 6) is -0.457. The van der Waals surface area contributed by atoms with Gasteiger partial charge in [0.15, 0.2) is 5.82 Å². The standard InChI is InChI=1S/C27H19F6N3O/c1-34-25(37)22-21(14-16-12-19(26(28,29)30)15-20(13-16)27(31,32)33)35-24(18-10-6-3-7-11-18)36-23(22)17-8-4-2-5-9-17/h2-13,15H,14H2,1H3,(H,34,37). The van der Waals surface area contributed by atoms with E-state index in [2.05, 4.69) is 15.3 Å². The topological polar surface area (TPSA) is 54.9 Å². The highest BCUT2D eigenvalue weighted by Gasteiger charge is 2.37. The number of nitrogens with one attached hydrogen (secondary N) is 1. The van der Waals surface area contributed by atoms with E-state index in [4.69, 9.17) is 0 Å². The molecule has 0 fully saturated rings. The number of amides is 1. The largest absolute Gasteiger partial charge is 0.416 e. The second kappa shape index (κ2) is 10.0. The Morgan fingerprint density at radius 3 is 1.76 bits per heavy atom. The number of halogens is 6. The van der Waals surface area contributed by atoms with Crippen LogP contribution in [0.3, 0.4) is 0 Å². The van der Waals surface area contributed by atoms with Crippen LogP contribution in [0.1, 0.15) is 32.7 Å². The third-order valence-corrected chi connectivity index (χ3v) is 5.54. The Morgan fingerprint density at radius 2 is 1.27 bits per heavy atom. The maximum atomic E-state index is 13.5. The van der Waals surface area contributed by atoms with E-state index < -0.39 is 35.8 Å². The quantitative estimate of drug-likeness (QED) is 0.298. The zero-order valence-electron chi connectivity index (χ0n) is 19.3. The van der Waals surface area contributed by atoms with Gasteiger partial charge in [-0.1, -0.05) is 60.7 Å². The van der Waals surface area contributed by atoms with E-state index in [1.807, 2.05) is 0 Å². The molecular formula is C27H19F6N3O. The Bertz CT molecular complexity index is 1390. The van der Waals surface area contributed by atoms with E-state index in [-0.39, 0.29) is 34.4 Å². The van der Waals surface area contributed by atoms with Crippen molar-refractivity contribution in [2.24, 2.45) is 0 Å². The number of carbonyl (C=O) groups is 1. The second-order valence-electron chi connectivity index (χ2n) is 8.12. The average molecular weight is 515 g/mol. The lowest BCUT2D eigenvalue weighted by Crippen LogP contribution is -2.23. The molecule has 1 amide bonds. The molecule has 0 aliphatic heterocycles. The number of hydrogen-bond acceptors (Lipinski definition) is 3. The Kier molecular flexibility index (Phi) is 7.02. The molecule has 0 saturated heterocycles. The van der Waals surface area contributed by atoms with Crippen molar-refractivity contribution in [3.63, 3.8) is 0 Å². The average Bonchev–Trinajstić information content (AvgIpc) is 2.87. The summed E-state index contributed by atoms with van der Waals surface area (Å²) in [6.45, 7) is 0. The maximum absolute atomic E-state index is 13.5. The number of alkyl halides is 6. The highest BCUT2D eigenvalue weighted by molar-refractivity contribution is 6.01. The molecule has 37 heavy (non-hydrogen) atoms. The number of carbonyl (C=O) groups excluding carboxylic acids is 1. The van der Waals surface area contributed by atoms with Crippen LogP contribution in [0.2, 0.25) is 0 Å². The van der Waals surface area contributed by atoms with Crippen LogP contribution in [0.4, 0.5) is 26.3 Å². The molecule has 0 bridgehead atoms. The molecule has 0 unspecified atom stereocenters. The van der Waals surface area contributed by atoms with Crippen molar-refractivity contribution in [1.82, 2.24) is 15.3 Å². The van der Waals surface area contributed by atoms with Crippen molar-refractivity contribution >= 4 is 5.91 Å². The number of rotatable bonds is 5. The molecule has 1 aromatic heterocycles. The summed E-state index contributed by atoms with van der Waals surface area (Å²) in [5, 5.41) is 2.47. The van der Waals surface area contributed by atoms with Crippen LogP contribution >= 0.6 is 0 Å². The molecule has 4 aromatic rings. The second-order valence-corrected chi connectivity index (χ2v) is 8.12. The zero-order chi connectivity index (χ0) is 26.8. The summed E-state index contributed by atoms with van der Waals surface area (Å²) in [5.41, 5.74) is -1.96. The minimum Gasteiger partial charge on any atom is -0.355 e. The van der Waals surface area contributed by atoms with Gasteiger partial charge in [-0.25, -0.2) is 9.97 Å². The van der Waals surface area contributed by atoms with E-state index in [1.54, 1.807) is 60.7 Å². The number of benzene rings is 3. The van der Waals surface area contributed by atoms with E-state index in [0.29, 0.717) is 23.3 Å². The van der Waals surface area contributed by atoms with E-state index in [9.17, 15) is 31.1 Å². The molecule has 0 aliphatic rings. The van der Waals surface area contributed by atoms with Crippen molar-refractivity contribution in [3.05, 3.63) is 107 Å². The molecule has 4 rings (SSSR count). The van der Waals surface area contributed by atoms with Crippen LogP contribution in [0, 0.1) is 0 Å². The van der Waals surface area contributed by atoms with Gasteiger partial charge in [0.2, 0.25) is 0 Å². The highest BCUT2D eigenvalue weighted by atomic mass is 19.4. The Morgan fingerprint density at radius 1 is 0.757 bits per heavy atom. The lowest BCUT2D eigenvalue weighted by molar-refractivity contribution is -0.143. The van der Waals surface area contributed by atoms with Crippen molar-refractivity contribution < 1.29 is 31.1 Å². The van der Waals surface area contributed by atoms with Crippen molar-refractivity contribution in [2.75, 3.05) is 7.05 Å². The predicted molar refractivity (Wildman–Crippen MR) is 126 cm³/mol. The molecule has 0 aliphatic carbocycles. The van der Waals surface area contributed by atoms with Gasteiger partial charge in [-0.15, -0.1) is 0 Å². The van der Waals surface area contributed by atoms with Crippen LogP contribution in [-0.4, -0.2) is 22.9 Å². The lowest BCUT2D eigenvalue weighted by atomic mass is 9.96. The fraction of sp³-hybridized carbons (Fsp3) is 0.148. The predicted octanol–water partition coefficient (Wildman–Crippen LogP) is 6.80. The molecule has 1 N–H and O–H groups in total. The van der Waals surface area contributed by atoms with Gasteiger partial charge in [-0.2, -0.15) is 26.3 Å². The first kappa shape index (κ1) is 25.9. The van der Waals surface area contributed by atoms with E-state index in [0.717, 1.165) is 0 Å². The minimum atomic E-state index is -5.00. The Labute approximate surface area is 208 Å². The summed E-state index contributed by atoms with van der Waals surface area (Å²) in [4.78, 5) is 22.0. The van der Waals surface area contributed by atoms with Gasteiger partial charge in [0.1, 0.15) is 0 Å². The molecule has 0 radical (unpaired) electrons. The van der Waals surface area contributed by atoms with Crippen molar-refractivity contribution in [2.45, 2.75) is 18.8 Å². The Hall–Kier alpha value is -4.21. The molecule has 0 saturated carbocycles. The lowest BCUT2D eigenvalue weighted by Gasteiger charge is -2.17. The van der Waals surface area contributed by atoms with Gasteiger partial charge in [0, 0.05) is 24.6 Å². The summed E-state index contributed by atoms with van der Waals surface area (Å²) in [7, 11) is 1.36. The highest BCUT2D eigenvalue weighted by Crippen LogP contribution is 2.37. The Balaban J connectivity index is 1.98. The minimum absolute atomic E-state index is 0.0143. The summed E-state index contributed by atoms with van der Waals surface area (Å²) in [6, 6.07) is 18.6. The van der Waals surface area contributed by atoms with Crippen LogP contribution in [0.5, 0.6) is 0 Å². The number of aromatic nitrogens is 2. The molecule has 3 aromatic carbocycles. The van der Waals surface area contributed by atoms with E-state index in [1.165, 1.54) is 7.05 Å². The van der Waals surface area contributed by atoms with Crippen LogP contribution in [0.15, 0.2) is 78.9 Å². The normalized spacial score (nSPS) is 11.9. The van der Waals surface area contributed by atoms with Crippen LogP contribution in [0.25, 0.3) is 22.6 Å². The summed E-state index contributed by atoms with van der Waals surface area (Å²) in [6.07, 6.45) is -10.5. The van der Waals surface area contributed by atoms with Gasteiger partial charge in [0.05, 0.1) is 28.1 Å². The maximum Gasteiger partial charge on any atom is 0.416 e. The van der Waals surface area contributed by atoms with Crippen molar-refractivity contribution in [3.8, 4) is 22.6 Å². The van der Waals surface area contributed by atoms with Crippen LogP contribution < -0.4 is 5.32 Å². The fourth-order valence-corrected chi connectivity index (χ4v) is 3.83. The van der Waals surface area contributed by atoms with Gasteiger partial charge < -0.3 is 5.32 Å². The summed E-state index contributed by atoms with van der Waals surface area (Å²) >= 11 is 0. The molecule has 190 valence electrons. The van der Waals surface area contributed by atoms with Gasteiger partial charge in [-0.05, 0) is 23.8 Å². The van der Waals surface area contributed by atoms with Gasteiger partial charge in [0.25, 0.3) is 5.91 Å². The molecule has 4 nitrogen and oxygen atoms in total. The summed E-state index contributed by atoms with van der Waals surface area (Å²) < 4.78 is 80.7. The first-order chi connectivity index (χ1) is 17.5. The third-order valence-electron chi connectivity index (χ3n) is 5.54. The monoisotopic (exact) mass is 515 g/mol. The fourth-order valence-electron chi connectivity index (χ4n) is 3.83. The third kappa shape index (κ3) is 5.79. The van der Waals surface area contributed by atoms with Gasteiger partial charge in [-0.3, -0.25) is 4.79 Å². The number of hydrogen-bond donors (Lipinski definition) is 1.